The van der Waals surface area contributed by atoms with Crippen molar-refractivity contribution in [2.45, 2.75) is 19.3 Å². The third kappa shape index (κ3) is 4.15. The van der Waals surface area contributed by atoms with E-state index in [-0.39, 0.29) is 13.2 Å². The van der Waals surface area contributed by atoms with E-state index in [0.717, 1.165) is 5.56 Å². The van der Waals surface area contributed by atoms with Crippen molar-refractivity contribution in [1.29, 1.82) is 0 Å². The number of carbonyl (C=O) groups is 2. The smallest absolute Gasteiger partial charge is 0.332 e. The van der Waals surface area contributed by atoms with Crippen LogP contribution in [0.3, 0.4) is 0 Å². The molecule has 2 rings (SSSR count). The Labute approximate surface area is 148 Å². The monoisotopic (exact) mass is 338 g/mol. The first-order valence-electron chi connectivity index (χ1n) is 8.29. The molecule has 0 spiro atoms. The number of hydrogen-bond donors (Lipinski definition) is 0. The van der Waals surface area contributed by atoms with Gasteiger partial charge in [-0.1, -0.05) is 72.8 Å². The highest BCUT2D eigenvalue weighted by atomic mass is 16.6. The summed E-state index contributed by atoms with van der Waals surface area (Å²) >= 11 is 0. The minimum Gasteiger partial charge on any atom is -0.465 e. The Bertz CT molecular complexity index is 702. The third-order valence-electron chi connectivity index (χ3n) is 3.75. The highest BCUT2D eigenvalue weighted by Gasteiger charge is 2.48. The molecule has 0 amide bonds. The molecule has 0 aromatic heterocycles. The Morgan fingerprint density at radius 3 is 1.80 bits per heavy atom. The van der Waals surface area contributed by atoms with Crippen LogP contribution in [0.4, 0.5) is 0 Å². The van der Waals surface area contributed by atoms with Gasteiger partial charge < -0.3 is 9.47 Å². The van der Waals surface area contributed by atoms with Gasteiger partial charge in [-0.05, 0) is 25.0 Å². The lowest BCUT2D eigenvalue weighted by Gasteiger charge is -2.26. The summed E-state index contributed by atoms with van der Waals surface area (Å²) in [6.07, 6.45) is 3.30. The van der Waals surface area contributed by atoms with E-state index in [2.05, 4.69) is 0 Å². The van der Waals surface area contributed by atoms with E-state index < -0.39 is 17.4 Å². The number of hydrogen-bond acceptors (Lipinski definition) is 4. The van der Waals surface area contributed by atoms with Crippen molar-refractivity contribution in [2.24, 2.45) is 0 Å². The highest BCUT2D eigenvalue weighted by molar-refractivity contribution is 6.09. The molecule has 0 unspecified atom stereocenters. The lowest BCUT2D eigenvalue weighted by molar-refractivity contribution is -0.161. The fourth-order valence-electron chi connectivity index (χ4n) is 2.53. The fraction of sp³-hybridized carbons (Fsp3) is 0.238. The quantitative estimate of drug-likeness (QED) is 0.570. The summed E-state index contributed by atoms with van der Waals surface area (Å²) in [5.41, 5.74) is -0.251. The van der Waals surface area contributed by atoms with Gasteiger partial charge in [-0.2, -0.15) is 0 Å². The molecule has 4 nitrogen and oxygen atoms in total. The number of ether oxygens (including phenoxy) is 2. The molecule has 25 heavy (non-hydrogen) atoms. The van der Waals surface area contributed by atoms with Crippen molar-refractivity contribution in [3.8, 4) is 0 Å². The van der Waals surface area contributed by atoms with Gasteiger partial charge in [0.2, 0.25) is 5.41 Å². The SMILES string of the molecule is CCOC(=O)C(/C=C/c1ccccc1)(C(=O)OCC)c1ccccc1. The molecule has 0 fully saturated rings. The molecule has 0 saturated heterocycles. The fourth-order valence-corrected chi connectivity index (χ4v) is 2.53. The van der Waals surface area contributed by atoms with E-state index in [0.29, 0.717) is 5.56 Å². The Kier molecular flexibility index (Phi) is 6.52. The van der Waals surface area contributed by atoms with Crippen molar-refractivity contribution in [1.82, 2.24) is 0 Å². The highest BCUT2D eigenvalue weighted by Crippen LogP contribution is 2.31. The maximum atomic E-state index is 12.8. The molecule has 0 saturated carbocycles. The molecule has 130 valence electrons. The van der Waals surface area contributed by atoms with Crippen LogP contribution in [-0.2, 0) is 24.5 Å². The van der Waals surface area contributed by atoms with Gasteiger partial charge in [-0.25, -0.2) is 0 Å². The first kappa shape index (κ1) is 18.5. The first-order chi connectivity index (χ1) is 12.1. The van der Waals surface area contributed by atoms with Crippen LogP contribution in [0, 0.1) is 0 Å². The van der Waals surface area contributed by atoms with Gasteiger partial charge in [0.15, 0.2) is 0 Å². The van der Waals surface area contributed by atoms with Crippen LogP contribution in [-0.4, -0.2) is 25.2 Å². The van der Waals surface area contributed by atoms with Crippen molar-refractivity contribution >= 4 is 18.0 Å². The lowest BCUT2D eigenvalue weighted by atomic mass is 9.79. The molecule has 0 aliphatic rings. The van der Waals surface area contributed by atoms with Crippen LogP contribution < -0.4 is 0 Å². The van der Waals surface area contributed by atoms with Gasteiger partial charge >= 0.3 is 11.9 Å². The molecule has 0 aliphatic carbocycles. The Hall–Kier alpha value is -2.88. The van der Waals surface area contributed by atoms with Crippen LogP contribution >= 0.6 is 0 Å². The van der Waals surface area contributed by atoms with E-state index in [1.54, 1.807) is 50.3 Å². The van der Waals surface area contributed by atoms with E-state index >= 15 is 0 Å². The minimum absolute atomic E-state index is 0.173. The van der Waals surface area contributed by atoms with Gasteiger partial charge in [-0.3, -0.25) is 9.59 Å². The summed E-state index contributed by atoms with van der Waals surface area (Å²) < 4.78 is 10.5. The standard InChI is InChI=1S/C21H22O4/c1-3-24-19(22)21(20(23)25-4-2,18-13-9-6-10-14-18)16-15-17-11-7-5-8-12-17/h5-16H,3-4H2,1-2H3/b16-15+. The molecular formula is C21H22O4. The maximum Gasteiger partial charge on any atom is 0.332 e. The minimum atomic E-state index is -1.64. The summed E-state index contributed by atoms with van der Waals surface area (Å²) in [5.74, 6) is -1.29. The third-order valence-corrected chi connectivity index (χ3v) is 3.75. The topological polar surface area (TPSA) is 52.6 Å². The number of rotatable bonds is 7. The van der Waals surface area contributed by atoms with Crippen molar-refractivity contribution in [2.75, 3.05) is 13.2 Å². The van der Waals surface area contributed by atoms with Crippen LogP contribution in [0.1, 0.15) is 25.0 Å². The number of carbonyl (C=O) groups excluding carboxylic acids is 2. The van der Waals surface area contributed by atoms with Crippen LogP contribution in [0.15, 0.2) is 66.7 Å². The number of benzene rings is 2. The molecular weight excluding hydrogens is 316 g/mol. The second kappa shape index (κ2) is 8.83. The van der Waals surface area contributed by atoms with E-state index in [9.17, 15) is 9.59 Å². The molecule has 0 atom stereocenters. The van der Waals surface area contributed by atoms with E-state index in [1.165, 1.54) is 0 Å². The molecule has 0 N–H and O–H groups in total. The second-order valence-electron chi connectivity index (χ2n) is 5.36. The summed E-state index contributed by atoms with van der Waals surface area (Å²) in [6, 6.07) is 18.3. The molecule has 0 aliphatic heterocycles. The summed E-state index contributed by atoms with van der Waals surface area (Å²) in [5, 5.41) is 0. The molecule has 0 bridgehead atoms. The van der Waals surface area contributed by atoms with Crippen LogP contribution in [0.25, 0.3) is 6.08 Å². The number of esters is 2. The second-order valence-corrected chi connectivity index (χ2v) is 5.36. The molecule has 2 aromatic carbocycles. The predicted molar refractivity (Wildman–Crippen MR) is 96.9 cm³/mol. The Morgan fingerprint density at radius 2 is 1.32 bits per heavy atom. The summed E-state index contributed by atoms with van der Waals surface area (Å²) in [7, 11) is 0. The van der Waals surface area contributed by atoms with E-state index in [4.69, 9.17) is 9.47 Å². The molecule has 4 heteroatoms. The maximum absolute atomic E-state index is 12.8. The van der Waals surface area contributed by atoms with Crippen molar-refractivity contribution in [3.63, 3.8) is 0 Å². The summed E-state index contributed by atoms with van der Waals surface area (Å²) in [6.45, 7) is 3.76. The van der Waals surface area contributed by atoms with Crippen molar-refractivity contribution in [3.05, 3.63) is 77.9 Å². The normalized spacial score (nSPS) is 11.3. The van der Waals surface area contributed by atoms with Gasteiger partial charge in [-0.15, -0.1) is 0 Å². The van der Waals surface area contributed by atoms with Gasteiger partial charge in [0.1, 0.15) is 0 Å². The van der Waals surface area contributed by atoms with Gasteiger partial charge in [0, 0.05) is 0 Å². The first-order valence-corrected chi connectivity index (χ1v) is 8.29. The van der Waals surface area contributed by atoms with Crippen LogP contribution in [0.5, 0.6) is 0 Å². The van der Waals surface area contributed by atoms with Gasteiger partial charge in [0.25, 0.3) is 0 Å². The Balaban J connectivity index is 2.59. The molecule has 0 heterocycles. The molecule has 2 aromatic rings. The predicted octanol–water partition coefficient (Wildman–Crippen LogP) is 3.76. The van der Waals surface area contributed by atoms with Crippen molar-refractivity contribution < 1.29 is 19.1 Å². The Morgan fingerprint density at radius 1 is 0.840 bits per heavy atom. The average Bonchev–Trinajstić information content (AvgIpc) is 2.64. The molecule has 0 radical (unpaired) electrons. The zero-order chi connectivity index (χ0) is 18.1. The van der Waals surface area contributed by atoms with Crippen LogP contribution in [0.2, 0.25) is 0 Å². The van der Waals surface area contributed by atoms with E-state index in [1.807, 2.05) is 36.4 Å². The zero-order valence-electron chi connectivity index (χ0n) is 14.5. The van der Waals surface area contributed by atoms with Gasteiger partial charge in [0.05, 0.1) is 13.2 Å². The largest absolute Gasteiger partial charge is 0.465 e. The summed E-state index contributed by atoms with van der Waals surface area (Å²) in [4.78, 5) is 25.7. The average molecular weight is 338 g/mol. The zero-order valence-corrected chi connectivity index (χ0v) is 14.5. The lowest BCUT2D eigenvalue weighted by Crippen LogP contribution is -2.44.